The molecule has 1 amide bonds. The van der Waals surface area contributed by atoms with E-state index >= 15 is 0 Å². The van der Waals surface area contributed by atoms with Crippen molar-refractivity contribution in [1.29, 1.82) is 0 Å². The van der Waals surface area contributed by atoms with Crippen molar-refractivity contribution >= 4 is 5.91 Å². The zero-order chi connectivity index (χ0) is 44.2. The fraction of sp³-hybridized carbons (Fsp3) is 0.981. The first-order chi connectivity index (χ1) is 31.3. The van der Waals surface area contributed by atoms with Crippen molar-refractivity contribution in [3.8, 4) is 0 Å². The Kier molecular flexibility index (Phi) is 38.2. The van der Waals surface area contributed by atoms with E-state index in [1.54, 1.807) is 0 Å². The lowest BCUT2D eigenvalue weighted by atomic mass is 9.97. The molecule has 2 atom stereocenters. The molecule has 12 rings (SSSR count). The summed E-state index contributed by atoms with van der Waals surface area (Å²) in [5.74, 6) is 1.27. The van der Waals surface area contributed by atoms with E-state index in [0.29, 0.717) is 0 Å². The van der Waals surface area contributed by atoms with Crippen molar-refractivity contribution in [2.45, 2.75) is 237 Å². The fourth-order valence-corrected chi connectivity index (χ4v) is 9.98. The van der Waals surface area contributed by atoms with E-state index in [9.17, 15) is 4.79 Å². The van der Waals surface area contributed by atoms with Gasteiger partial charge in [0.25, 0.3) is 0 Å². The largest absolute Gasteiger partial charge is 0.381 e. The summed E-state index contributed by atoms with van der Waals surface area (Å²) in [6, 6.07) is 0.921. The lowest BCUT2D eigenvalue weighted by Gasteiger charge is -2.21. The van der Waals surface area contributed by atoms with Crippen LogP contribution in [0.5, 0.6) is 0 Å². The minimum Gasteiger partial charge on any atom is -0.381 e. The Morgan fingerprint density at radius 3 is 1.00 bits per heavy atom. The molecule has 0 radical (unpaired) electrons. The number of hydrogen-bond donors (Lipinski definition) is 7. The summed E-state index contributed by atoms with van der Waals surface area (Å²) in [7, 11) is 0. The van der Waals surface area contributed by atoms with Crippen molar-refractivity contribution in [3.05, 3.63) is 0 Å². The second-order valence-corrected chi connectivity index (χ2v) is 20.7. The lowest BCUT2D eigenvalue weighted by molar-refractivity contribution is -0.122. The molecule has 9 heteroatoms. The highest BCUT2D eigenvalue weighted by Crippen LogP contribution is 2.50. The molecule has 0 aromatic carbocycles. The Labute approximate surface area is 391 Å². The van der Waals surface area contributed by atoms with Crippen LogP contribution in [0.25, 0.3) is 0 Å². The van der Waals surface area contributed by atoms with Gasteiger partial charge in [-0.05, 0) is 205 Å². The first kappa shape index (κ1) is 56.5. The van der Waals surface area contributed by atoms with E-state index < -0.39 is 0 Å². The summed E-state index contributed by atoms with van der Waals surface area (Å²) < 4.78 is 5.07. The van der Waals surface area contributed by atoms with Crippen LogP contribution in [0.2, 0.25) is 0 Å². The van der Waals surface area contributed by atoms with E-state index in [2.05, 4.69) is 37.2 Å². The van der Waals surface area contributed by atoms with Crippen LogP contribution in [0.3, 0.4) is 0 Å². The average Bonchev–Trinajstić information content (AvgIpc) is 4.03. The quantitative estimate of drug-likeness (QED) is 0.129. The second kappa shape index (κ2) is 42.5. The van der Waals surface area contributed by atoms with Crippen LogP contribution >= 0.6 is 0 Å². The highest BCUT2D eigenvalue weighted by atomic mass is 16.5. The Hall–Kier alpha value is -0.810. The van der Waals surface area contributed by atoms with E-state index in [1.165, 1.54) is 284 Å². The van der Waals surface area contributed by atoms with Gasteiger partial charge < -0.3 is 42.0 Å². The summed E-state index contributed by atoms with van der Waals surface area (Å²) in [6.07, 6.45) is 50.6. The molecule has 2 unspecified atom stereocenters. The number of piperidine rings is 5. The van der Waals surface area contributed by atoms with Gasteiger partial charge in [-0.15, -0.1) is 0 Å². The van der Waals surface area contributed by atoms with E-state index in [-0.39, 0.29) is 5.91 Å². The van der Waals surface area contributed by atoms with E-state index in [0.717, 1.165) is 56.4 Å². The zero-order valence-corrected chi connectivity index (χ0v) is 41.8. The summed E-state index contributed by atoms with van der Waals surface area (Å²) in [5.41, 5.74) is 0.818. The van der Waals surface area contributed by atoms with Gasteiger partial charge in [0.1, 0.15) is 0 Å². The molecule has 0 aromatic rings. The van der Waals surface area contributed by atoms with Crippen LogP contribution in [0.4, 0.5) is 0 Å². The summed E-state index contributed by atoms with van der Waals surface area (Å²) in [4.78, 5) is 10.4. The molecule has 2 bridgehead atoms. The van der Waals surface area contributed by atoms with Gasteiger partial charge in [-0.2, -0.15) is 0 Å². The Balaban J connectivity index is 0.000000187. The molecule has 12 aliphatic rings. The van der Waals surface area contributed by atoms with Crippen LogP contribution in [0.1, 0.15) is 231 Å². The Morgan fingerprint density at radius 2 is 0.794 bits per heavy atom. The first-order valence-electron chi connectivity index (χ1n) is 28.4. The molecule has 8 aliphatic heterocycles. The maximum Gasteiger partial charge on any atom is 0.219 e. The topological polar surface area (TPSA) is 111 Å². The molecule has 8 saturated heterocycles. The van der Waals surface area contributed by atoms with Gasteiger partial charge in [-0.25, -0.2) is 0 Å². The second-order valence-electron chi connectivity index (χ2n) is 20.7. The number of nitrogens with one attached hydrogen (secondary N) is 7. The normalized spacial score (nSPS) is 27.5. The van der Waals surface area contributed by atoms with Gasteiger partial charge in [0, 0.05) is 38.8 Å². The number of fused-ring (bicyclic) bond motifs is 2. The molecule has 12 fully saturated rings. The third-order valence-electron chi connectivity index (χ3n) is 14.6. The van der Waals surface area contributed by atoms with Crippen molar-refractivity contribution in [2.24, 2.45) is 11.3 Å². The van der Waals surface area contributed by atoms with Gasteiger partial charge in [-0.1, -0.05) is 96.3 Å². The van der Waals surface area contributed by atoms with Crippen molar-refractivity contribution in [1.82, 2.24) is 37.2 Å². The molecule has 63 heavy (non-hydrogen) atoms. The predicted molar refractivity (Wildman–Crippen MR) is 272 cm³/mol. The monoisotopic (exact) mass is 888 g/mol. The van der Waals surface area contributed by atoms with Crippen LogP contribution < -0.4 is 37.2 Å². The standard InChI is InChI=1S/C7H13N.C6H11N.C6H13N.C6H12.C5H9NO.2C5H11N.C5H10O.C5H10.C4H9N/c1-2-7(3-4-7)6-8-5-1;1-2-6-3-5(1)4-7-6;1-2-4-6-7-5-3-1;1-2-4-6-5-3-1;7-5-3-1-2-4-6-5;3*1-2-4-6-5-3-1;2*1-2-4-5-3-1/h8H,1-6H2;5-7H,1-4H2;7H,1-6H2;1-6H2;1-4H2,(H,6,7);2*6H,1-5H2;1-5H2;1-5H2;5H,1-4H2. The number of rotatable bonds is 0. The molecule has 0 aromatic heterocycles. The highest BCUT2D eigenvalue weighted by Gasteiger charge is 2.42. The molecular formula is C54H109N7O2. The molecule has 1 spiro atoms. The molecule has 8 heterocycles. The van der Waals surface area contributed by atoms with Gasteiger partial charge in [0.15, 0.2) is 0 Å². The van der Waals surface area contributed by atoms with Gasteiger partial charge >= 0.3 is 0 Å². The smallest absolute Gasteiger partial charge is 0.219 e. The van der Waals surface area contributed by atoms with Gasteiger partial charge in [0.2, 0.25) is 5.91 Å². The molecular weight excluding hydrogens is 779 g/mol. The third kappa shape index (κ3) is 36.0. The molecule has 9 nitrogen and oxygen atoms in total. The SMILES string of the molecule is C1CC2CC1CN2.C1CCCC1.C1CCCCC1.C1CCCNCC1.C1CCNC1.C1CCNCC1.C1CCNCC1.C1CCOCC1.C1CNCC2(C1)CC2.O=C1CCCCN1. The average molecular weight is 889 g/mol. The molecule has 7 N–H and O–H groups in total. The summed E-state index contributed by atoms with van der Waals surface area (Å²) in [5, 5.41) is 22.8. The number of ether oxygens (including phenoxy) is 1. The number of amides is 1. The Morgan fingerprint density at radius 1 is 0.397 bits per heavy atom. The van der Waals surface area contributed by atoms with Crippen LogP contribution in [-0.2, 0) is 9.53 Å². The number of carbonyl (C=O) groups excluding carboxylic acids is 1. The first-order valence-corrected chi connectivity index (χ1v) is 28.4. The third-order valence-corrected chi connectivity index (χ3v) is 14.6. The minimum atomic E-state index is 0.214. The van der Waals surface area contributed by atoms with Gasteiger partial charge in [0.05, 0.1) is 0 Å². The van der Waals surface area contributed by atoms with Crippen molar-refractivity contribution < 1.29 is 9.53 Å². The minimum absolute atomic E-state index is 0.214. The van der Waals surface area contributed by atoms with Crippen LogP contribution in [0, 0.1) is 11.3 Å². The summed E-state index contributed by atoms with van der Waals surface area (Å²) >= 11 is 0. The lowest BCUT2D eigenvalue weighted by Crippen LogP contribution is -2.30. The number of hydrogen-bond acceptors (Lipinski definition) is 8. The zero-order valence-electron chi connectivity index (χ0n) is 41.8. The fourth-order valence-electron chi connectivity index (χ4n) is 9.98. The summed E-state index contributed by atoms with van der Waals surface area (Å²) in [6.45, 7) is 16.8. The highest BCUT2D eigenvalue weighted by molar-refractivity contribution is 5.76. The van der Waals surface area contributed by atoms with Crippen LogP contribution in [0.15, 0.2) is 0 Å². The van der Waals surface area contributed by atoms with Crippen molar-refractivity contribution in [3.63, 3.8) is 0 Å². The molecule has 4 saturated carbocycles. The predicted octanol–water partition coefficient (Wildman–Crippen LogP) is 10.7. The Bertz CT molecular complexity index is 787. The molecule has 372 valence electrons. The van der Waals surface area contributed by atoms with E-state index in [1.807, 2.05) is 0 Å². The van der Waals surface area contributed by atoms with E-state index in [4.69, 9.17) is 4.74 Å². The van der Waals surface area contributed by atoms with Gasteiger partial charge in [-0.3, -0.25) is 4.79 Å². The number of carbonyl (C=O) groups is 1. The molecule has 4 aliphatic carbocycles. The maximum absolute atomic E-state index is 10.4. The maximum atomic E-state index is 10.4. The van der Waals surface area contributed by atoms with Crippen LogP contribution in [-0.4, -0.2) is 104 Å². The van der Waals surface area contributed by atoms with Crippen molar-refractivity contribution in [2.75, 3.05) is 91.8 Å².